The second-order valence-corrected chi connectivity index (χ2v) is 5.09. The number of benzene rings is 1. The second kappa shape index (κ2) is 5.86. The van der Waals surface area contributed by atoms with Gasteiger partial charge in [-0.3, -0.25) is 0 Å². The molecule has 0 saturated carbocycles. The van der Waals surface area contributed by atoms with Gasteiger partial charge in [-0.1, -0.05) is 5.16 Å². The topological polar surface area (TPSA) is 106 Å². The molecule has 0 bridgehead atoms. The highest BCUT2D eigenvalue weighted by Gasteiger charge is 2.15. The number of carbonyl (C=O) groups is 1. The van der Waals surface area contributed by atoms with Crippen LogP contribution in [0.25, 0.3) is 11.5 Å². The van der Waals surface area contributed by atoms with E-state index in [1.165, 1.54) is 23.5 Å². The Balaban J connectivity index is 1.66. The van der Waals surface area contributed by atoms with Crippen LogP contribution in [0.3, 0.4) is 0 Å². The van der Waals surface area contributed by atoms with Gasteiger partial charge in [0.15, 0.2) is 6.61 Å². The Morgan fingerprint density at radius 2 is 2.18 bits per heavy atom. The predicted molar refractivity (Wildman–Crippen MR) is 76.5 cm³/mol. The van der Waals surface area contributed by atoms with E-state index in [2.05, 4.69) is 10.1 Å². The number of carbonyl (C=O) groups excluding carboxylic acids is 1. The van der Waals surface area contributed by atoms with Gasteiger partial charge in [0.2, 0.25) is 5.82 Å². The standard InChI is InChI=1S/C14H10N2O5S/c17-9-1-2-10(11(18)5-9)14(19)20-6-12-15-13(21-16-12)8-3-4-22-7-8/h1-5,7,17-18H,6H2. The molecule has 112 valence electrons. The average molecular weight is 318 g/mol. The smallest absolute Gasteiger partial charge is 0.342 e. The summed E-state index contributed by atoms with van der Waals surface area (Å²) in [6.07, 6.45) is 0. The molecular formula is C14H10N2O5S. The van der Waals surface area contributed by atoms with E-state index in [9.17, 15) is 15.0 Å². The van der Waals surface area contributed by atoms with Gasteiger partial charge >= 0.3 is 5.97 Å². The molecule has 0 radical (unpaired) electrons. The minimum absolute atomic E-state index is 0.0562. The zero-order chi connectivity index (χ0) is 15.5. The molecular weight excluding hydrogens is 308 g/mol. The summed E-state index contributed by atoms with van der Waals surface area (Å²) in [5.74, 6) is -0.698. The van der Waals surface area contributed by atoms with E-state index < -0.39 is 5.97 Å². The lowest BCUT2D eigenvalue weighted by molar-refractivity contribution is 0.0456. The quantitative estimate of drug-likeness (QED) is 0.712. The Morgan fingerprint density at radius 3 is 2.91 bits per heavy atom. The van der Waals surface area contributed by atoms with Gasteiger partial charge in [0.25, 0.3) is 5.89 Å². The Kier molecular flexibility index (Phi) is 3.75. The summed E-state index contributed by atoms with van der Waals surface area (Å²) in [4.78, 5) is 15.9. The van der Waals surface area contributed by atoms with Crippen LogP contribution in [0.4, 0.5) is 0 Å². The third-order valence-electron chi connectivity index (χ3n) is 2.77. The Morgan fingerprint density at radius 1 is 1.32 bits per heavy atom. The van der Waals surface area contributed by atoms with Gasteiger partial charge < -0.3 is 19.5 Å². The molecule has 0 fully saturated rings. The maximum atomic E-state index is 11.8. The van der Waals surface area contributed by atoms with Crippen LogP contribution in [0.2, 0.25) is 0 Å². The molecule has 0 amide bonds. The van der Waals surface area contributed by atoms with Crippen molar-refractivity contribution in [3.63, 3.8) is 0 Å². The van der Waals surface area contributed by atoms with Gasteiger partial charge in [0.05, 0.1) is 5.56 Å². The molecule has 2 aromatic heterocycles. The van der Waals surface area contributed by atoms with Crippen LogP contribution >= 0.6 is 11.3 Å². The third kappa shape index (κ3) is 2.91. The summed E-state index contributed by atoms with van der Waals surface area (Å²) in [5, 5.41) is 26.2. The maximum Gasteiger partial charge on any atom is 0.342 e. The monoisotopic (exact) mass is 318 g/mol. The van der Waals surface area contributed by atoms with Crippen LogP contribution in [-0.4, -0.2) is 26.3 Å². The summed E-state index contributed by atoms with van der Waals surface area (Å²) < 4.78 is 10.1. The number of aromatic hydroxyl groups is 2. The van der Waals surface area contributed by atoms with Crippen molar-refractivity contribution in [2.24, 2.45) is 0 Å². The molecule has 22 heavy (non-hydrogen) atoms. The summed E-state index contributed by atoms with van der Waals surface area (Å²) in [6, 6.07) is 5.43. The Labute approximate surface area is 128 Å². The predicted octanol–water partition coefficient (Wildman–Crippen LogP) is 2.57. The Hall–Kier alpha value is -2.87. The average Bonchev–Trinajstić information content (AvgIpc) is 3.16. The lowest BCUT2D eigenvalue weighted by Gasteiger charge is -2.04. The van der Waals surface area contributed by atoms with Gasteiger partial charge in [-0.2, -0.15) is 16.3 Å². The zero-order valence-corrected chi connectivity index (χ0v) is 11.9. The van der Waals surface area contributed by atoms with Crippen LogP contribution in [0.15, 0.2) is 39.5 Å². The molecule has 0 unspecified atom stereocenters. The van der Waals surface area contributed by atoms with Crippen LogP contribution in [0.5, 0.6) is 11.5 Å². The van der Waals surface area contributed by atoms with Gasteiger partial charge in [0.1, 0.15) is 17.1 Å². The first-order valence-electron chi connectivity index (χ1n) is 6.18. The van der Waals surface area contributed by atoms with E-state index in [1.807, 2.05) is 16.8 Å². The number of phenols is 2. The van der Waals surface area contributed by atoms with Crippen LogP contribution in [-0.2, 0) is 11.3 Å². The summed E-state index contributed by atoms with van der Waals surface area (Å²) in [7, 11) is 0. The van der Waals surface area contributed by atoms with E-state index >= 15 is 0 Å². The maximum absolute atomic E-state index is 11.8. The first-order chi connectivity index (χ1) is 10.6. The number of thiophene rings is 1. The van der Waals surface area contributed by atoms with Crippen LogP contribution in [0.1, 0.15) is 16.2 Å². The van der Waals surface area contributed by atoms with E-state index in [0.29, 0.717) is 5.89 Å². The number of hydrogen-bond donors (Lipinski definition) is 2. The lowest BCUT2D eigenvalue weighted by Crippen LogP contribution is -2.06. The number of aromatic nitrogens is 2. The highest BCUT2D eigenvalue weighted by molar-refractivity contribution is 7.08. The fourth-order valence-electron chi connectivity index (χ4n) is 1.72. The third-order valence-corrected chi connectivity index (χ3v) is 3.45. The molecule has 7 nitrogen and oxygen atoms in total. The first-order valence-corrected chi connectivity index (χ1v) is 7.12. The Bertz CT molecular complexity index is 797. The minimum Gasteiger partial charge on any atom is -0.508 e. The van der Waals surface area contributed by atoms with E-state index in [1.54, 1.807) is 0 Å². The molecule has 3 aromatic rings. The number of ether oxygens (including phenoxy) is 1. The van der Waals surface area contributed by atoms with Crippen molar-refractivity contribution in [2.45, 2.75) is 6.61 Å². The molecule has 8 heteroatoms. The van der Waals surface area contributed by atoms with Gasteiger partial charge in [-0.15, -0.1) is 0 Å². The van der Waals surface area contributed by atoms with Gasteiger partial charge in [-0.05, 0) is 23.6 Å². The molecule has 0 aliphatic carbocycles. The van der Waals surface area contributed by atoms with Crippen molar-refractivity contribution in [3.8, 4) is 23.0 Å². The highest BCUT2D eigenvalue weighted by Crippen LogP contribution is 2.24. The first kappa shape index (κ1) is 14.1. The molecule has 0 aliphatic heterocycles. The van der Waals surface area contributed by atoms with Gasteiger partial charge in [-0.25, -0.2) is 4.79 Å². The summed E-state index contributed by atoms with van der Waals surface area (Å²) >= 11 is 1.50. The van der Waals surface area contributed by atoms with Crippen LogP contribution in [0, 0.1) is 0 Å². The molecule has 2 heterocycles. The summed E-state index contributed by atoms with van der Waals surface area (Å²) in [5.41, 5.74) is 0.741. The zero-order valence-electron chi connectivity index (χ0n) is 11.1. The molecule has 2 N–H and O–H groups in total. The molecule has 0 spiro atoms. The molecule has 0 aliphatic rings. The van der Waals surface area contributed by atoms with E-state index in [-0.39, 0.29) is 29.5 Å². The van der Waals surface area contributed by atoms with Gasteiger partial charge in [0, 0.05) is 11.4 Å². The number of rotatable bonds is 4. The fourth-order valence-corrected chi connectivity index (χ4v) is 2.35. The van der Waals surface area contributed by atoms with Crippen molar-refractivity contribution in [1.82, 2.24) is 10.1 Å². The van der Waals surface area contributed by atoms with Crippen molar-refractivity contribution in [2.75, 3.05) is 0 Å². The molecule has 0 saturated heterocycles. The minimum atomic E-state index is -0.751. The van der Waals surface area contributed by atoms with Crippen molar-refractivity contribution in [3.05, 3.63) is 46.4 Å². The number of phenolic OH excluding ortho intramolecular Hbond substituents is 2. The number of hydrogen-bond acceptors (Lipinski definition) is 8. The fraction of sp³-hybridized carbons (Fsp3) is 0.0714. The molecule has 3 rings (SSSR count). The van der Waals surface area contributed by atoms with Crippen molar-refractivity contribution < 1.29 is 24.3 Å². The van der Waals surface area contributed by atoms with Crippen LogP contribution < -0.4 is 0 Å². The lowest BCUT2D eigenvalue weighted by atomic mass is 10.2. The van der Waals surface area contributed by atoms with E-state index in [4.69, 9.17) is 9.26 Å². The normalized spacial score (nSPS) is 10.5. The number of esters is 1. The van der Waals surface area contributed by atoms with Crippen molar-refractivity contribution >= 4 is 17.3 Å². The number of nitrogens with zero attached hydrogens (tertiary/aromatic N) is 2. The highest BCUT2D eigenvalue weighted by atomic mass is 32.1. The molecule has 0 atom stereocenters. The van der Waals surface area contributed by atoms with Crippen molar-refractivity contribution in [1.29, 1.82) is 0 Å². The second-order valence-electron chi connectivity index (χ2n) is 4.31. The summed E-state index contributed by atoms with van der Waals surface area (Å²) in [6.45, 7) is -0.188. The molecule has 1 aromatic carbocycles. The van der Waals surface area contributed by atoms with E-state index in [0.717, 1.165) is 11.6 Å². The SMILES string of the molecule is O=C(OCc1noc(-c2ccsc2)n1)c1ccc(O)cc1O. The largest absolute Gasteiger partial charge is 0.508 e.